The molecule has 4 rings (SSSR count). The van der Waals surface area contributed by atoms with Crippen LogP contribution in [0.3, 0.4) is 0 Å². The van der Waals surface area contributed by atoms with Gasteiger partial charge in [0.05, 0.1) is 11.3 Å². The zero-order valence-corrected chi connectivity index (χ0v) is 19.2. The molecule has 0 saturated carbocycles. The van der Waals surface area contributed by atoms with Gasteiger partial charge in [0.15, 0.2) is 0 Å². The number of hydrogen-bond donors (Lipinski definition) is 1. The number of halogens is 2. The average Bonchev–Trinajstić information content (AvgIpc) is 3.00. The van der Waals surface area contributed by atoms with Crippen molar-refractivity contribution in [2.45, 2.75) is 13.8 Å². The molecule has 0 spiro atoms. The third-order valence-corrected chi connectivity index (χ3v) is 5.83. The van der Waals surface area contributed by atoms with Gasteiger partial charge in [-0.3, -0.25) is 9.59 Å². The number of carbonyl (C=O) groups is 3. The Bertz CT molecular complexity index is 1320. The molecule has 3 aromatic rings. The number of ether oxygens (including phenoxy) is 1. The van der Waals surface area contributed by atoms with Crippen LogP contribution < -0.4 is 15.0 Å². The van der Waals surface area contributed by atoms with Crippen LogP contribution in [0.25, 0.3) is 0 Å². The summed E-state index contributed by atoms with van der Waals surface area (Å²) in [7, 11) is 0. The molecule has 3 aromatic carbocycles. The molecule has 0 bridgehead atoms. The lowest BCUT2D eigenvalue weighted by Gasteiger charge is -2.15. The monoisotopic (exact) mass is 480 g/mol. The maximum atomic E-state index is 12.9. The summed E-state index contributed by atoms with van der Waals surface area (Å²) >= 11 is 12.1. The third-order valence-electron chi connectivity index (χ3n) is 5.24. The van der Waals surface area contributed by atoms with Gasteiger partial charge in [-0.2, -0.15) is 0 Å². The Balaban J connectivity index is 1.49. The first-order valence-electron chi connectivity index (χ1n) is 9.96. The van der Waals surface area contributed by atoms with Gasteiger partial charge in [0.25, 0.3) is 11.8 Å². The number of nitrogens with zero attached hydrogens (tertiary/aromatic N) is 1. The largest absolute Gasteiger partial charge is 0.423 e. The predicted molar refractivity (Wildman–Crippen MR) is 128 cm³/mol. The highest BCUT2D eigenvalue weighted by atomic mass is 35.5. The minimum Gasteiger partial charge on any atom is -0.423 e. The number of aryl methyl sites for hydroxylation is 1. The fourth-order valence-electron chi connectivity index (χ4n) is 3.29. The molecule has 0 saturated heterocycles. The lowest BCUT2D eigenvalue weighted by atomic mass is 10.1. The quantitative estimate of drug-likeness (QED) is 0.291. The number of carbonyl (C=O) groups excluding carboxylic acids is 3. The van der Waals surface area contributed by atoms with Crippen LogP contribution in [0.1, 0.15) is 21.5 Å². The summed E-state index contributed by atoms with van der Waals surface area (Å²) in [6.07, 6.45) is 0. The van der Waals surface area contributed by atoms with Crippen LogP contribution >= 0.6 is 23.2 Å². The van der Waals surface area contributed by atoms with E-state index in [1.807, 2.05) is 26.0 Å². The van der Waals surface area contributed by atoms with Gasteiger partial charge in [0, 0.05) is 10.7 Å². The molecule has 1 aliphatic rings. The standard InChI is InChI=1S/C25H18Cl2N2O4/c1-14-5-3-8-20(15(14)2)33-25(32)16-9-11-18(12-10-16)28-22-21(27)23(30)29(24(22)31)19-7-4-6-17(26)13-19/h3-13,28H,1-2H3. The van der Waals surface area contributed by atoms with Crippen molar-refractivity contribution in [2.24, 2.45) is 0 Å². The minimum absolute atomic E-state index is 0.0626. The predicted octanol–water partition coefficient (Wildman–Crippen LogP) is 5.61. The van der Waals surface area contributed by atoms with Crippen LogP contribution in [0.2, 0.25) is 5.02 Å². The Morgan fingerprint density at radius 2 is 1.61 bits per heavy atom. The number of amides is 2. The molecule has 166 valence electrons. The topological polar surface area (TPSA) is 75.7 Å². The van der Waals surface area contributed by atoms with E-state index in [9.17, 15) is 14.4 Å². The summed E-state index contributed by atoms with van der Waals surface area (Å²) < 4.78 is 5.50. The van der Waals surface area contributed by atoms with Crippen LogP contribution in [-0.4, -0.2) is 17.8 Å². The molecule has 0 aromatic heterocycles. The van der Waals surface area contributed by atoms with Gasteiger partial charge in [0.1, 0.15) is 16.5 Å². The zero-order valence-electron chi connectivity index (χ0n) is 17.7. The maximum Gasteiger partial charge on any atom is 0.343 e. The van der Waals surface area contributed by atoms with Gasteiger partial charge in [0.2, 0.25) is 0 Å². The van der Waals surface area contributed by atoms with Crippen molar-refractivity contribution in [1.82, 2.24) is 0 Å². The lowest BCUT2D eigenvalue weighted by molar-refractivity contribution is -0.120. The van der Waals surface area contributed by atoms with Crippen molar-refractivity contribution in [3.63, 3.8) is 0 Å². The Labute approximate surface area is 200 Å². The molecule has 0 unspecified atom stereocenters. The smallest absolute Gasteiger partial charge is 0.343 e. The molecule has 0 atom stereocenters. The van der Waals surface area contributed by atoms with E-state index in [-0.39, 0.29) is 10.7 Å². The molecule has 1 N–H and O–H groups in total. The zero-order chi connectivity index (χ0) is 23.7. The first kappa shape index (κ1) is 22.6. The summed E-state index contributed by atoms with van der Waals surface area (Å²) in [4.78, 5) is 38.9. The van der Waals surface area contributed by atoms with Crippen LogP contribution in [-0.2, 0) is 9.59 Å². The Morgan fingerprint density at radius 1 is 0.909 bits per heavy atom. The average molecular weight is 481 g/mol. The fraction of sp³-hybridized carbons (Fsp3) is 0.0800. The Hall–Kier alpha value is -3.61. The molecular formula is C25H18Cl2N2O4. The minimum atomic E-state index is -0.653. The highest BCUT2D eigenvalue weighted by Gasteiger charge is 2.39. The van der Waals surface area contributed by atoms with Crippen molar-refractivity contribution in [1.29, 1.82) is 0 Å². The van der Waals surface area contributed by atoms with E-state index in [0.29, 0.717) is 27.7 Å². The summed E-state index contributed by atoms with van der Waals surface area (Å²) in [6.45, 7) is 3.82. The molecule has 8 heteroatoms. The van der Waals surface area contributed by atoms with Gasteiger partial charge in [-0.05, 0) is 73.5 Å². The van der Waals surface area contributed by atoms with Crippen LogP contribution in [0, 0.1) is 13.8 Å². The van der Waals surface area contributed by atoms with E-state index in [0.717, 1.165) is 16.0 Å². The van der Waals surface area contributed by atoms with E-state index < -0.39 is 17.8 Å². The van der Waals surface area contributed by atoms with Crippen LogP contribution in [0.5, 0.6) is 5.75 Å². The highest BCUT2D eigenvalue weighted by molar-refractivity contribution is 6.53. The molecular weight excluding hydrogens is 463 g/mol. The molecule has 1 heterocycles. The summed E-state index contributed by atoms with van der Waals surface area (Å²) in [6, 6.07) is 18.2. The molecule has 2 amide bonds. The first-order valence-corrected chi connectivity index (χ1v) is 10.7. The van der Waals surface area contributed by atoms with Crippen LogP contribution in [0.15, 0.2) is 77.5 Å². The second-order valence-corrected chi connectivity index (χ2v) is 8.22. The second kappa shape index (κ2) is 9.10. The molecule has 0 aliphatic carbocycles. The van der Waals surface area contributed by atoms with Crippen molar-refractivity contribution >= 4 is 52.4 Å². The van der Waals surface area contributed by atoms with E-state index in [1.165, 1.54) is 6.07 Å². The summed E-state index contributed by atoms with van der Waals surface area (Å²) in [5, 5.41) is 3.01. The third kappa shape index (κ3) is 4.49. The lowest BCUT2D eigenvalue weighted by Crippen LogP contribution is -2.32. The maximum absolute atomic E-state index is 12.9. The molecule has 1 aliphatic heterocycles. The van der Waals surface area contributed by atoms with E-state index >= 15 is 0 Å². The number of imide groups is 1. The van der Waals surface area contributed by atoms with Crippen molar-refractivity contribution in [3.8, 4) is 5.75 Å². The normalized spacial score (nSPS) is 13.5. The number of hydrogen-bond acceptors (Lipinski definition) is 5. The van der Waals surface area contributed by atoms with Gasteiger partial charge >= 0.3 is 5.97 Å². The van der Waals surface area contributed by atoms with Crippen LogP contribution in [0.4, 0.5) is 11.4 Å². The van der Waals surface area contributed by atoms with Gasteiger partial charge in [-0.25, -0.2) is 9.69 Å². The first-order chi connectivity index (χ1) is 15.8. The number of esters is 1. The van der Waals surface area contributed by atoms with Gasteiger partial charge in [-0.15, -0.1) is 0 Å². The van der Waals surface area contributed by atoms with E-state index in [2.05, 4.69) is 5.32 Å². The summed E-state index contributed by atoms with van der Waals surface area (Å²) in [5.74, 6) is -1.27. The van der Waals surface area contributed by atoms with E-state index in [1.54, 1.807) is 48.5 Å². The van der Waals surface area contributed by atoms with Crippen molar-refractivity contribution < 1.29 is 19.1 Å². The number of nitrogens with one attached hydrogen (secondary N) is 1. The highest BCUT2D eigenvalue weighted by Crippen LogP contribution is 2.31. The van der Waals surface area contributed by atoms with E-state index in [4.69, 9.17) is 27.9 Å². The van der Waals surface area contributed by atoms with Gasteiger partial charge in [-0.1, -0.05) is 41.4 Å². The summed E-state index contributed by atoms with van der Waals surface area (Å²) in [5.41, 5.74) is 2.97. The number of benzene rings is 3. The van der Waals surface area contributed by atoms with Crippen molar-refractivity contribution in [3.05, 3.63) is 99.2 Å². The Kier molecular flexibility index (Phi) is 6.22. The number of rotatable bonds is 5. The second-order valence-electron chi connectivity index (χ2n) is 7.40. The SMILES string of the molecule is Cc1cccc(OC(=O)c2ccc(NC3=C(Cl)C(=O)N(c4cccc(Cl)c4)C3=O)cc2)c1C. The van der Waals surface area contributed by atoms with Gasteiger partial charge < -0.3 is 10.1 Å². The molecule has 0 fully saturated rings. The molecule has 0 radical (unpaired) electrons. The fourth-order valence-corrected chi connectivity index (χ4v) is 3.69. The number of anilines is 2. The molecule has 6 nitrogen and oxygen atoms in total. The molecule has 33 heavy (non-hydrogen) atoms. The van der Waals surface area contributed by atoms with Crippen molar-refractivity contribution in [2.75, 3.05) is 10.2 Å². The Morgan fingerprint density at radius 3 is 2.30 bits per heavy atom.